The number of thiazole rings is 1. The Balaban J connectivity index is 0.00000261. The second kappa shape index (κ2) is 9.54. The molecule has 3 aromatic rings. The van der Waals surface area contributed by atoms with Crippen molar-refractivity contribution in [2.24, 2.45) is 0 Å². The van der Waals surface area contributed by atoms with Crippen molar-refractivity contribution in [1.29, 1.82) is 0 Å². The molecule has 0 N–H and O–H groups in total. The number of benzene rings is 1. The highest BCUT2D eigenvalue weighted by Crippen LogP contribution is 2.34. The minimum Gasteiger partial charge on any atom is -0.309 e. The summed E-state index contributed by atoms with van der Waals surface area (Å²) in [6.07, 6.45) is 0.855. The van der Waals surface area contributed by atoms with Crippen molar-refractivity contribution in [1.82, 2.24) is 9.88 Å². The number of hydrogen-bond donors (Lipinski definition) is 0. The van der Waals surface area contributed by atoms with Gasteiger partial charge in [0.1, 0.15) is 0 Å². The summed E-state index contributed by atoms with van der Waals surface area (Å²) in [5.41, 5.74) is 1.90. The molecule has 0 aliphatic rings. The Labute approximate surface area is 183 Å². The number of carbonyl (C=O) groups is 1. The SMILES string of the molecule is Cc1cc(Cl)cc2sc(N(CCCN(C)C)C(=O)c3ccc(Cl)s3)nc12.Cl. The number of nitrogens with zero attached hydrogens (tertiary/aromatic N) is 3. The van der Waals surface area contributed by atoms with E-state index < -0.39 is 0 Å². The molecular formula is C18H20Cl3N3OS2. The maximum absolute atomic E-state index is 13.1. The van der Waals surface area contributed by atoms with Crippen LogP contribution < -0.4 is 4.90 Å². The number of carbonyl (C=O) groups excluding carboxylic acids is 1. The summed E-state index contributed by atoms with van der Waals surface area (Å²) in [5, 5.41) is 1.37. The summed E-state index contributed by atoms with van der Waals surface area (Å²) in [4.78, 5) is 22.3. The smallest absolute Gasteiger partial charge is 0.270 e. The van der Waals surface area contributed by atoms with E-state index in [9.17, 15) is 4.79 Å². The Morgan fingerprint density at radius 1 is 1.15 bits per heavy atom. The summed E-state index contributed by atoms with van der Waals surface area (Å²) in [6.45, 7) is 3.47. The highest BCUT2D eigenvalue weighted by molar-refractivity contribution is 7.22. The van der Waals surface area contributed by atoms with Crippen LogP contribution in [0.3, 0.4) is 0 Å². The molecule has 0 saturated heterocycles. The van der Waals surface area contributed by atoms with E-state index in [4.69, 9.17) is 28.2 Å². The Morgan fingerprint density at radius 2 is 1.89 bits per heavy atom. The number of thiophene rings is 1. The summed E-state index contributed by atoms with van der Waals surface area (Å²) in [6, 6.07) is 7.31. The van der Waals surface area contributed by atoms with Gasteiger partial charge in [0.05, 0.1) is 19.4 Å². The van der Waals surface area contributed by atoms with Crippen LogP contribution in [0.2, 0.25) is 9.36 Å². The van der Waals surface area contributed by atoms with Gasteiger partial charge in [0.2, 0.25) is 0 Å². The molecule has 2 heterocycles. The Bertz CT molecular complexity index is 939. The largest absolute Gasteiger partial charge is 0.309 e. The van der Waals surface area contributed by atoms with Crippen molar-refractivity contribution in [3.05, 3.63) is 44.1 Å². The third-order valence-electron chi connectivity index (χ3n) is 3.89. The van der Waals surface area contributed by atoms with Crippen molar-refractivity contribution >= 4 is 79.5 Å². The summed E-state index contributed by atoms with van der Waals surface area (Å²) in [5.74, 6) is -0.0662. The van der Waals surface area contributed by atoms with Crippen LogP contribution in [-0.4, -0.2) is 43.0 Å². The van der Waals surface area contributed by atoms with Gasteiger partial charge >= 0.3 is 0 Å². The van der Waals surface area contributed by atoms with Gasteiger partial charge in [-0.15, -0.1) is 23.7 Å². The first-order chi connectivity index (χ1) is 12.3. The first kappa shape index (κ1) is 22.4. The lowest BCUT2D eigenvalue weighted by atomic mass is 10.2. The number of rotatable bonds is 6. The van der Waals surface area contributed by atoms with E-state index >= 15 is 0 Å². The monoisotopic (exact) mass is 463 g/mol. The average molecular weight is 465 g/mol. The molecule has 1 aromatic carbocycles. The molecule has 0 spiro atoms. The molecule has 2 aromatic heterocycles. The normalized spacial score (nSPS) is 11.0. The van der Waals surface area contributed by atoms with Crippen molar-refractivity contribution < 1.29 is 4.79 Å². The van der Waals surface area contributed by atoms with Gasteiger partial charge in [-0.05, 0) is 63.8 Å². The molecule has 4 nitrogen and oxygen atoms in total. The number of fused-ring (bicyclic) bond motifs is 1. The molecule has 0 radical (unpaired) electrons. The zero-order chi connectivity index (χ0) is 18.8. The molecule has 0 unspecified atom stereocenters. The first-order valence-electron chi connectivity index (χ1n) is 8.14. The van der Waals surface area contributed by atoms with Crippen LogP contribution in [0.15, 0.2) is 24.3 Å². The molecule has 9 heteroatoms. The van der Waals surface area contributed by atoms with E-state index in [-0.39, 0.29) is 18.3 Å². The quantitative estimate of drug-likeness (QED) is 0.449. The minimum absolute atomic E-state index is 0. The minimum atomic E-state index is -0.0662. The van der Waals surface area contributed by atoms with Crippen LogP contribution in [0.25, 0.3) is 10.2 Å². The highest BCUT2D eigenvalue weighted by Gasteiger charge is 2.23. The molecule has 1 amide bonds. The Hall–Kier alpha value is -0.890. The molecule has 0 saturated carbocycles. The van der Waals surface area contributed by atoms with Gasteiger partial charge in [-0.2, -0.15) is 0 Å². The molecule has 0 fully saturated rings. The second-order valence-corrected chi connectivity index (χ2v) is 9.44. The third-order valence-corrected chi connectivity index (χ3v) is 6.35. The van der Waals surface area contributed by atoms with E-state index in [1.807, 2.05) is 33.2 Å². The maximum Gasteiger partial charge on any atom is 0.270 e. The molecule has 0 bridgehead atoms. The predicted octanol–water partition coefficient (Wildman–Crippen LogP) is 5.99. The van der Waals surface area contributed by atoms with Crippen LogP contribution in [-0.2, 0) is 0 Å². The van der Waals surface area contributed by atoms with Gasteiger partial charge in [-0.3, -0.25) is 9.69 Å². The van der Waals surface area contributed by atoms with Gasteiger partial charge in [-0.1, -0.05) is 34.5 Å². The topological polar surface area (TPSA) is 36.4 Å². The van der Waals surface area contributed by atoms with Crippen LogP contribution in [0.4, 0.5) is 5.13 Å². The molecule has 0 aliphatic carbocycles. The molecule has 146 valence electrons. The van der Waals surface area contributed by atoms with E-state index in [1.54, 1.807) is 17.0 Å². The Kier molecular flexibility index (Phi) is 7.92. The van der Waals surface area contributed by atoms with Crippen molar-refractivity contribution in [2.75, 3.05) is 32.1 Å². The lowest BCUT2D eigenvalue weighted by molar-refractivity contribution is 0.0990. The van der Waals surface area contributed by atoms with Crippen molar-refractivity contribution in [3.63, 3.8) is 0 Å². The number of amides is 1. The van der Waals surface area contributed by atoms with Crippen LogP contribution in [0, 0.1) is 6.92 Å². The maximum atomic E-state index is 13.1. The summed E-state index contributed by atoms with van der Waals surface area (Å²) >= 11 is 15.0. The number of halogens is 3. The van der Waals surface area contributed by atoms with Crippen molar-refractivity contribution in [2.45, 2.75) is 13.3 Å². The van der Waals surface area contributed by atoms with Gasteiger partial charge in [0, 0.05) is 11.6 Å². The van der Waals surface area contributed by atoms with Crippen molar-refractivity contribution in [3.8, 4) is 0 Å². The average Bonchev–Trinajstić information content (AvgIpc) is 3.17. The lowest BCUT2D eigenvalue weighted by Gasteiger charge is -2.20. The Morgan fingerprint density at radius 3 is 2.52 bits per heavy atom. The standard InChI is InChI=1S/C18H19Cl2N3OS2.ClH/c1-11-9-12(19)10-14-16(11)21-18(26-14)23(8-4-7-22(2)3)17(24)13-5-6-15(20)25-13;/h5-6,9-10H,4,7-8H2,1-3H3;1H. The van der Waals surface area contributed by atoms with E-state index in [0.29, 0.717) is 25.9 Å². The number of anilines is 1. The fraction of sp³-hybridized carbons (Fsp3) is 0.333. The predicted molar refractivity (Wildman–Crippen MR) is 121 cm³/mol. The van der Waals surface area contributed by atoms with Gasteiger partial charge in [0.15, 0.2) is 5.13 Å². The summed E-state index contributed by atoms with van der Waals surface area (Å²) in [7, 11) is 4.04. The third kappa shape index (κ3) is 5.34. The van der Waals surface area contributed by atoms with E-state index in [2.05, 4.69) is 4.90 Å². The van der Waals surface area contributed by atoms with Gasteiger partial charge < -0.3 is 4.90 Å². The molecule has 27 heavy (non-hydrogen) atoms. The summed E-state index contributed by atoms with van der Waals surface area (Å²) < 4.78 is 1.59. The zero-order valence-corrected chi connectivity index (χ0v) is 19.1. The lowest BCUT2D eigenvalue weighted by Crippen LogP contribution is -2.32. The van der Waals surface area contributed by atoms with Crippen LogP contribution >= 0.6 is 58.3 Å². The van der Waals surface area contributed by atoms with Crippen LogP contribution in [0.5, 0.6) is 0 Å². The second-order valence-electron chi connectivity index (χ2n) is 6.28. The molecule has 0 atom stereocenters. The molecule has 3 rings (SSSR count). The van der Waals surface area contributed by atoms with E-state index in [0.717, 1.165) is 28.7 Å². The van der Waals surface area contributed by atoms with Crippen LogP contribution in [0.1, 0.15) is 21.7 Å². The van der Waals surface area contributed by atoms with Gasteiger partial charge in [-0.25, -0.2) is 4.98 Å². The zero-order valence-electron chi connectivity index (χ0n) is 15.2. The highest BCUT2D eigenvalue weighted by atomic mass is 35.5. The molecule has 0 aliphatic heterocycles. The number of aryl methyl sites for hydroxylation is 1. The first-order valence-corrected chi connectivity index (χ1v) is 10.5. The van der Waals surface area contributed by atoms with Gasteiger partial charge in [0.25, 0.3) is 5.91 Å². The molecular weight excluding hydrogens is 445 g/mol. The van der Waals surface area contributed by atoms with E-state index in [1.165, 1.54) is 22.7 Å². The fourth-order valence-electron chi connectivity index (χ4n) is 2.65. The number of aromatic nitrogens is 1. The fourth-order valence-corrected chi connectivity index (χ4v) is 5.09. The number of hydrogen-bond acceptors (Lipinski definition) is 5.